The lowest BCUT2D eigenvalue weighted by atomic mass is 10.2. The summed E-state index contributed by atoms with van der Waals surface area (Å²) in [7, 11) is 1.66. The van der Waals surface area contributed by atoms with Gasteiger partial charge in [-0.3, -0.25) is 0 Å². The molecule has 1 atom stereocenters. The standard InChI is InChI=1S/C10H17FN4O/c1-3-7(16)4-5-13-9-8(11)6-14-10(12-2)15-9/h6-7,16H,3-5H2,1-2H3,(H2,12,13,14,15). The van der Waals surface area contributed by atoms with Crippen LogP contribution in [-0.2, 0) is 0 Å². The Morgan fingerprint density at radius 3 is 2.94 bits per heavy atom. The zero-order chi connectivity index (χ0) is 12.0. The van der Waals surface area contributed by atoms with Crippen LogP contribution in [0.5, 0.6) is 0 Å². The van der Waals surface area contributed by atoms with Gasteiger partial charge in [0.15, 0.2) is 11.6 Å². The third-order valence-corrected chi connectivity index (χ3v) is 2.21. The van der Waals surface area contributed by atoms with Crippen LogP contribution < -0.4 is 10.6 Å². The van der Waals surface area contributed by atoms with Gasteiger partial charge in [0.25, 0.3) is 0 Å². The number of anilines is 2. The molecule has 1 heterocycles. The number of hydrogen-bond donors (Lipinski definition) is 3. The van der Waals surface area contributed by atoms with Gasteiger partial charge in [0, 0.05) is 13.6 Å². The van der Waals surface area contributed by atoms with Crippen molar-refractivity contribution in [3.63, 3.8) is 0 Å². The Bertz CT molecular complexity index is 335. The van der Waals surface area contributed by atoms with Gasteiger partial charge in [-0.05, 0) is 12.8 Å². The number of nitrogens with zero attached hydrogens (tertiary/aromatic N) is 2. The molecule has 3 N–H and O–H groups in total. The SMILES string of the molecule is CCC(O)CCNc1nc(NC)ncc1F. The summed E-state index contributed by atoms with van der Waals surface area (Å²) in [5.74, 6) is 0.0209. The van der Waals surface area contributed by atoms with E-state index in [9.17, 15) is 9.50 Å². The lowest BCUT2D eigenvalue weighted by molar-refractivity contribution is 0.164. The van der Waals surface area contributed by atoms with Crippen molar-refractivity contribution in [2.75, 3.05) is 24.2 Å². The minimum absolute atomic E-state index is 0.155. The molecule has 90 valence electrons. The Kier molecular flexibility index (Phi) is 4.91. The second kappa shape index (κ2) is 6.22. The minimum atomic E-state index is -0.495. The molecule has 1 aromatic rings. The third kappa shape index (κ3) is 3.62. The molecular weight excluding hydrogens is 211 g/mol. The number of aromatic nitrogens is 2. The highest BCUT2D eigenvalue weighted by molar-refractivity contribution is 5.40. The van der Waals surface area contributed by atoms with Crippen LogP contribution in [0, 0.1) is 5.82 Å². The second-order valence-electron chi connectivity index (χ2n) is 3.42. The lowest BCUT2D eigenvalue weighted by Crippen LogP contribution is -2.14. The van der Waals surface area contributed by atoms with E-state index in [-0.39, 0.29) is 11.9 Å². The quantitative estimate of drug-likeness (QED) is 0.683. The normalized spacial score (nSPS) is 12.2. The number of halogens is 1. The van der Waals surface area contributed by atoms with Gasteiger partial charge in [0.05, 0.1) is 12.3 Å². The van der Waals surface area contributed by atoms with Crippen LogP contribution in [0.1, 0.15) is 19.8 Å². The van der Waals surface area contributed by atoms with Crippen LogP contribution in [0.25, 0.3) is 0 Å². The van der Waals surface area contributed by atoms with Crippen LogP contribution in [-0.4, -0.2) is 34.8 Å². The van der Waals surface area contributed by atoms with Crippen LogP contribution in [0.4, 0.5) is 16.2 Å². The van der Waals surface area contributed by atoms with Crippen molar-refractivity contribution in [3.05, 3.63) is 12.0 Å². The number of hydrogen-bond acceptors (Lipinski definition) is 5. The van der Waals surface area contributed by atoms with Crippen molar-refractivity contribution in [2.45, 2.75) is 25.9 Å². The lowest BCUT2D eigenvalue weighted by Gasteiger charge is -2.10. The van der Waals surface area contributed by atoms with E-state index < -0.39 is 5.82 Å². The average molecular weight is 228 g/mol. The largest absolute Gasteiger partial charge is 0.393 e. The molecule has 16 heavy (non-hydrogen) atoms. The van der Waals surface area contributed by atoms with E-state index in [1.54, 1.807) is 7.05 Å². The summed E-state index contributed by atoms with van der Waals surface area (Å²) in [6.07, 6.45) is 2.00. The fraction of sp³-hybridized carbons (Fsp3) is 0.600. The summed E-state index contributed by atoms with van der Waals surface area (Å²) in [6.45, 7) is 2.38. The molecule has 0 aliphatic carbocycles. The molecule has 1 rings (SSSR count). The molecule has 0 aliphatic rings. The first-order valence-corrected chi connectivity index (χ1v) is 5.29. The van der Waals surface area contributed by atoms with Crippen molar-refractivity contribution in [1.29, 1.82) is 0 Å². The summed E-state index contributed by atoms with van der Waals surface area (Å²) in [6, 6.07) is 0. The summed E-state index contributed by atoms with van der Waals surface area (Å²) in [5.41, 5.74) is 0. The molecule has 0 aromatic carbocycles. The van der Waals surface area contributed by atoms with E-state index in [0.29, 0.717) is 25.3 Å². The van der Waals surface area contributed by atoms with E-state index >= 15 is 0 Å². The smallest absolute Gasteiger partial charge is 0.224 e. The maximum absolute atomic E-state index is 13.2. The summed E-state index contributed by atoms with van der Waals surface area (Å²) < 4.78 is 13.2. The Balaban J connectivity index is 2.52. The predicted octanol–water partition coefficient (Wildman–Crippen LogP) is 1.23. The summed E-state index contributed by atoms with van der Waals surface area (Å²) in [5, 5.41) is 14.9. The minimum Gasteiger partial charge on any atom is -0.393 e. The van der Waals surface area contributed by atoms with E-state index in [1.807, 2.05) is 6.92 Å². The first kappa shape index (κ1) is 12.6. The Morgan fingerprint density at radius 1 is 1.56 bits per heavy atom. The van der Waals surface area contributed by atoms with Crippen molar-refractivity contribution < 1.29 is 9.50 Å². The predicted molar refractivity (Wildman–Crippen MR) is 60.9 cm³/mol. The van der Waals surface area contributed by atoms with Crippen molar-refractivity contribution in [1.82, 2.24) is 9.97 Å². The Hall–Kier alpha value is -1.43. The Labute approximate surface area is 94.1 Å². The topological polar surface area (TPSA) is 70.1 Å². The summed E-state index contributed by atoms with van der Waals surface area (Å²) >= 11 is 0. The molecule has 1 aromatic heterocycles. The van der Waals surface area contributed by atoms with Gasteiger partial charge >= 0.3 is 0 Å². The second-order valence-corrected chi connectivity index (χ2v) is 3.42. The zero-order valence-electron chi connectivity index (χ0n) is 9.50. The zero-order valence-corrected chi connectivity index (χ0v) is 9.50. The van der Waals surface area contributed by atoms with Gasteiger partial charge in [-0.1, -0.05) is 6.92 Å². The monoisotopic (exact) mass is 228 g/mol. The van der Waals surface area contributed by atoms with Crippen LogP contribution in [0.15, 0.2) is 6.20 Å². The first-order valence-electron chi connectivity index (χ1n) is 5.29. The van der Waals surface area contributed by atoms with Gasteiger partial charge < -0.3 is 15.7 Å². The number of aliphatic hydroxyl groups excluding tert-OH is 1. The fourth-order valence-corrected chi connectivity index (χ4v) is 1.17. The van der Waals surface area contributed by atoms with E-state index in [2.05, 4.69) is 20.6 Å². The molecule has 0 radical (unpaired) electrons. The summed E-state index contributed by atoms with van der Waals surface area (Å²) in [4.78, 5) is 7.65. The molecule has 0 saturated heterocycles. The molecule has 6 heteroatoms. The highest BCUT2D eigenvalue weighted by Crippen LogP contribution is 2.11. The molecule has 0 fully saturated rings. The highest BCUT2D eigenvalue weighted by Gasteiger charge is 2.06. The maximum atomic E-state index is 13.2. The average Bonchev–Trinajstić information content (AvgIpc) is 2.31. The molecule has 1 unspecified atom stereocenters. The molecule has 0 saturated carbocycles. The first-order chi connectivity index (χ1) is 7.67. The maximum Gasteiger partial charge on any atom is 0.224 e. The van der Waals surface area contributed by atoms with Crippen molar-refractivity contribution in [3.8, 4) is 0 Å². The highest BCUT2D eigenvalue weighted by atomic mass is 19.1. The van der Waals surface area contributed by atoms with Gasteiger partial charge in [-0.15, -0.1) is 0 Å². The fourth-order valence-electron chi connectivity index (χ4n) is 1.17. The number of nitrogens with one attached hydrogen (secondary N) is 2. The van der Waals surface area contributed by atoms with E-state index in [0.717, 1.165) is 6.20 Å². The number of rotatable bonds is 6. The van der Waals surface area contributed by atoms with E-state index in [1.165, 1.54) is 0 Å². The van der Waals surface area contributed by atoms with Gasteiger partial charge in [-0.2, -0.15) is 4.98 Å². The van der Waals surface area contributed by atoms with Crippen LogP contribution in [0.3, 0.4) is 0 Å². The molecule has 0 aliphatic heterocycles. The van der Waals surface area contributed by atoms with Crippen LogP contribution in [0.2, 0.25) is 0 Å². The molecular formula is C10H17FN4O. The molecule has 5 nitrogen and oxygen atoms in total. The van der Waals surface area contributed by atoms with Crippen molar-refractivity contribution in [2.24, 2.45) is 0 Å². The van der Waals surface area contributed by atoms with Gasteiger partial charge in [0.2, 0.25) is 5.95 Å². The van der Waals surface area contributed by atoms with E-state index in [4.69, 9.17) is 0 Å². The van der Waals surface area contributed by atoms with Crippen LogP contribution >= 0.6 is 0 Å². The molecule has 0 amide bonds. The van der Waals surface area contributed by atoms with Gasteiger partial charge in [-0.25, -0.2) is 9.37 Å². The van der Waals surface area contributed by atoms with Gasteiger partial charge in [0.1, 0.15) is 0 Å². The van der Waals surface area contributed by atoms with Crippen molar-refractivity contribution >= 4 is 11.8 Å². The molecule has 0 bridgehead atoms. The number of aliphatic hydroxyl groups is 1. The Morgan fingerprint density at radius 2 is 2.31 bits per heavy atom. The molecule has 0 spiro atoms. The third-order valence-electron chi connectivity index (χ3n) is 2.21.